The van der Waals surface area contributed by atoms with Gasteiger partial charge in [-0.2, -0.15) is 0 Å². The molecular formula is C14H21BrFN3. The number of hydrogen-bond acceptors (Lipinski definition) is 3. The van der Waals surface area contributed by atoms with E-state index >= 15 is 0 Å². The molecule has 1 saturated heterocycles. The Bertz CT molecular complexity index is 441. The Morgan fingerprint density at radius 1 is 1.37 bits per heavy atom. The van der Waals surface area contributed by atoms with Crippen LogP contribution in [0.15, 0.2) is 22.7 Å². The summed E-state index contributed by atoms with van der Waals surface area (Å²) in [7, 11) is 6.12. The van der Waals surface area contributed by atoms with Crippen molar-refractivity contribution in [3.63, 3.8) is 0 Å². The Hall–Kier alpha value is -0.490. The van der Waals surface area contributed by atoms with Gasteiger partial charge >= 0.3 is 0 Å². The normalized spacial score (nSPS) is 23.5. The minimum absolute atomic E-state index is 0.00903. The van der Waals surface area contributed by atoms with Gasteiger partial charge in [0.2, 0.25) is 0 Å². The monoisotopic (exact) mass is 329 g/mol. The second kappa shape index (κ2) is 6.31. The molecule has 0 aromatic heterocycles. The third-order valence-electron chi connectivity index (χ3n) is 3.91. The van der Waals surface area contributed by atoms with E-state index in [-0.39, 0.29) is 17.9 Å². The van der Waals surface area contributed by atoms with Crippen molar-refractivity contribution in [1.82, 2.24) is 15.1 Å². The maximum atomic E-state index is 14.3. The predicted molar refractivity (Wildman–Crippen MR) is 79.8 cm³/mol. The fraction of sp³-hybridized carbons (Fsp3) is 0.571. The van der Waals surface area contributed by atoms with E-state index in [0.717, 1.165) is 25.2 Å². The van der Waals surface area contributed by atoms with Crippen LogP contribution in [0.3, 0.4) is 0 Å². The van der Waals surface area contributed by atoms with Gasteiger partial charge in [0.1, 0.15) is 5.82 Å². The van der Waals surface area contributed by atoms with Crippen molar-refractivity contribution in [2.45, 2.75) is 12.1 Å². The Kier molecular flexibility index (Phi) is 4.95. The molecule has 1 fully saturated rings. The lowest BCUT2D eigenvalue weighted by Crippen LogP contribution is -2.54. The molecule has 0 radical (unpaired) electrons. The van der Waals surface area contributed by atoms with Crippen LogP contribution in [-0.2, 0) is 0 Å². The highest BCUT2D eigenvalue weighted by atomic mass is 79.9. The summed E-state index contributed by atoms with van der Waals surface area (Å²) < 4.78 is 14.8. The molecule has 1 aromatic carbocycles. The number of nitrogens with one attached hydrogen (secondary N) is 1. The molecule has 1 N–H and O–H groups in total. The van der Waals surface area contributed by atoms with Gasteiger partial charge in [0.25, 0.3) is 0 Å². The first-order chi connectivity index (χ1) is 9.04. The van der Waals surface area contributed by atoms with E-state index in [9.17, 15) is 4.39 Å². The lowest BCUT2D eigenvalue weighted by molar-refractivity contribution is 0.0887. The Balaban J connectivity index is 2.30. The summed E-state index contributed by atoms with van der Waals surface area (Å²) in [5, 5.41) is 3.28. The predicted octanol–water partition coefficient (Wildman–Crippen LogP) is 2.09. The highest BCUT2D eigenvalue weighted by Crippen LogP contribution is 2.28. The van der Waals surface area contributed by atoms with Gasteiger partial charge in [0.15, 0.2) is 0 Å². The van der Waals surface area contributed by atoms with Gasteiger partial charge in [0, 0.05) is 31.2 Å². The van der Waals surface area contributed by atoms with E-state index < -0.39 is 0 Å². The maximum Gasteiger partial charge on any atom is 0.142 e. The maximum absolute atomic E-state index is 14.3. The largest absolute Gasteiger partial charge is 0.312 e. The Morgan fingerprint density at radius 3 is 2.79 bits per heavy atom. The first-order valence-corrected chi connectivity index (χ1v) is 7.34. The van der Waals surface area contributed by atoms with E-state index in [4.69, 9.17) is 0 Å². The summed E-state index contributed by atoms with van der Waals surface area (Å²) in [5.74, 6) is -0.163. The molecule has 0 amide bonds. The van der Waals surface area contributed by atoms with Crippen molar-refractivity contribution in [1.29, 1.82) is 0 Å². The average molecular weight is 330 g/mol. The van der Waals surface area contributed by atoms with Gasteiger partial charge in [-0.15, -0.1) is 0 Å². The zero-order chi connectivity index (χ0) is 14.0. The van der Waals surface area contributed by atoms with Crippen molar-refractivity contribution >= 4 is 15.9 Å². The molecule has 106 valence electrons. The fourth-order valence-corrected chi connectivity index (χ4v) is 3.10. The Labute approximate surface area is 122 Å². The van der Waals surface area contributed by atoms with Crippen LogP contribution in [0.2, 0.25) is 0 Å². The first-order valence-electron chi connectivity index (χ1n) is 6.54. The number of halogens is 2. The third kappa shape index (κ3) is 3.16. The third-order valence-corrected chi connectivity index (χ3v) is 4.52. The van der Waals surface area contributed by atoms with Crippen molar-refractivity contribution < 1.29 is 4.39 Å². The van der Waals surface area contributed by atoms with E-state index in [0.29, 0.717) is 4.47 Å². The summed E-state index contributed by atoms with van der Waals surface area (Å²) in [6.07, 6.45) is 0. The molecule has 5 heteroatoms. The van der Waals surface area contributed by atoms with Crippen LogP contribution in [0.4, 0.5) is 4.39 Å². The highest BCUT2D eigenvalue weighted by Gasteiger charge is 2.31. The lowest BCUT2D eigenvalue weighted by Gasteiger charge is -2.42. The van der Waals surface area contributed by atoms with E-state index in [2.05, 4.69) is 45.1 Å². The van der Waals surface area contributed by atoms with Gasteiger partial charge in [-0.05, 0) is 43.1 Å². The van der Waals surface area contributed by atoms with Gasteiger partial charge in [-0.3, -0.25) is 4.90 Å². The van der Waals surface area contributed by atoms with Gasteiger partial charge < -0.3 is 10.2 Å². The molecule has 2 atom stereocenters. The molecule has 0 saturated carbocycles. The quantitative estimate of drug-likeness (QED) is 0.916. The average Bonchev–Trinajstić information content (AvgIpc) is 2.39. The minimum atomic E-state index is -0.163. The molecule has 2 rings (SSSR count). The summed E-state index contributed by atoms with van der Waals surface area (Å²) in [4.78, 5) is 4.60. The van der Waals surface area contributed by atoms with Crippen molar-refractivity contribution in [3.8, 4) is 0 Å². The molecule has 0 aliphatic carbocycles. The summed E-state index contributed by atoms with van der Waals surface area (Å²) >= 11 is 3.27. The van der Waals surface area contributed by atoms with Crippen LogP contribution in [0.25, 0.3) is 0 Å². The zero-order valence-electron chi connectivity index (χ0n) is 11.7. The molecule has 1 aromatic rings. The van der Waals surface area contributed by atoms with Crippen LogP contribution in [0.1, 0.15) is 11.6 Å². The minimum Gasteiger partial charge on any atom is -0.312 e. The van der Waals surface area contributed by atoms with Gasteiger partial charge in [-0.1, -0.05) is 12.1 Å². The van der Waals surface area contributed by atoms with Crippen molar-refractivity contribution in [3.05, 3.63) is 34.1 Å². The van der Waals surface area contributed by atoms with Crippen molar-refractivity contribution in [2.75, 3.05) is 40.8 Å². The number of rotatable bonds is 3. The first kappa shape index (κ1) is 14.9. The fourth-order valence-electron chi connectivity index (χ4n) is 2.72. The smallest absolute Gasteiger partial charge is 0.142 e. The van der Waals surface area contributed by atoms with E-state index in [1.807, 2.05) is 19.2 Å². The molecular weight excluding hydrogens is 309 g/mol. The summed E-state index contributed by atoms with van der Waals surface area (Å²) in [6, 6.07) is 5.75. The number of likely N-dealkylation sites (N-methyl/N-ethyl adjacent to an activating group) is 3. The molecule has 19 heavy (non-hydrogen) atoms. The van der Waals surface area contributed by atoms with Crippen molar-refractivity contribution in [2.24, 2.45) is 0 Å². The zero-order valence-corrected chi connectivity index (χ0v) is 13.2. The Morgan fingerprint density at radius 2 is 2.11 bits per heavy atom. The molecule has 0 spiro atoms. The van der Waals surface area contributed by atoms with Crippen LogP contribution in [0.5, 0.6) is 0 Å². The SMILES string of the molecule is CNC(c1cccc(Br)c1F)C1CN(C)CCN1C. The van der Waals surface area contributed by atoms with Gasteiger partial charge in [-0.25, -0.2) is 4.39 Å². The molecule has 1 heterocycles. The highest BCUT2D eigenvalue weighted by molar-refractivity contribution is 9.10. The van der Waals surface area contributed by atoms with Crippen LogP contribution in [-0.4, -0.2) is 56.6 Å². The number of benzene rings is 1. The lowest BCUT2D eigenvalue weighted by atomic mass is 9.96. The van der Waals surface area contributed by atoms with Crippen LogP contribution >= 0.6 is 15.9 Å². The number of nitrogens with zero attached hydrogens (tertiary/aromatic N) is 2. The summed E-state index contributed by atoms with van der Waals surface area (Å²) in [6.45, 7) is 3.01. The molecule has 1 aliphatic heterocycles. The van der Waals surface area contributed by atoms with Crippen LogP contribution < -0.4 is 5.32 Å². The number of hydrogen-bond donors (Lipinski definition) is 1. The van der Waals surface area contributed by atoms with Crippen LogP contribution in [0, 0.1) is 5.82 Å². The molecule has 3 nitrogen and oxygen atoms in total. The molecule has 0 bridgehead atoms. The summed E-state index contributed by atoms with van der Waals surface area (Å²) in [5.41, 5.74) is 0.726. The van der Waals surface area contributed by atoms with E-state index in [1.165, 1.54) is 0 Å². The molecule has 2 unspecified atom stereocenters. The topological polar surface area (TPSA) is 18.5 Å². The van der Waals surface area contributed by atoms with Gasteiger partial charge in [0.05, 0.1) is 10.5 Å². The second-order valence-corrected chi connectivity index (χ2v) is 6.07. The standard InChI is InChI=1S/C14H21BrFN3/c1-17-14(10-5-4-6-11(15)13(10)16)12-9-18(2)7-8-19(12)3/h4-6,12,14,17H,7-9H2,1-3H3. The molecule has 1 aliphatic rings. The number of piperazine rings is 1. The second-order valence-electron chi connectivity index (χ2n) is 5.22. The van der Waals surface area contributed by atoms with E-state index in [1.54, 1.807) is 6.07 Å².